The summed E-state index contributed by atoms with van der Waals surface area (Å²) in [6, 6.07) is 19.2. The Kier molecular flexibility index (Phi) is 4.71. The van der Waals surface area contributed by atoms with Gasteiger partial charge in [0.15, 0.2) is 0 Å². The fourth-order valence-electron chi connectivity index (χ4n) is 3.89. The monoisotopic (exact) mass is 413 g/mol. The molecule has 0 aliphatic heterocycles. The zero-order valence-electron chi connectivity index (χ0n) is 16.8. The quantitative estimate of drug-likeness (QED) is 0.427. The van der Waals surface area contributed by atoms with Crippen LogP contribution in [0.5, 0.6) is 0 Å². The van der Waals surface area contributed by atoms with E-state index in [9.17, 15) is 9.18 Å². The average Bonchev–Trinajstić information content (AvgIpc) is 3.27. The molecule has 0 fully saturated rings. The molecule has 154 valence electrons. The Hall–Kier alpha value is -4.00. The Morgan fingerprint density at radius 3 is 2.68 bits per heavy atom. The average molecular weight is 413 g/mol. The predicted octanol–water partition coefficient (Wildman–Crippen LogP) is 4.96. The van der Waals surface area contributed by atoms with Crippen LogP contribution in [0.2, 0.25) is 0 Å². The number of aromatic nitrogens is 4. The molecule has 5 rings (SSSR count). The van der Waals surface area contributed by atoms with Crippen LogP contribution in [-0.2, 0) is 0 Å². The van der Waals surface area contributed by atoms with Crippen LogP contribution < -0.4 is 10.9 Å². The van der Waals surface area contributed by atoms with Gasteiger partial charge in [-0.3, -0.25) is 9.36 Å². The molecule has 5 aromatic rings. The van der Waals surface area contributed by atoms with Crippen molar-refractivity contribution in [3.63, 3.8) is 0 Å². The highest BCUT2D eigenvalue weighted by molar-refractivity contribution is 5.88. The minimum atomic E-state index is -0.575. The molecule has 3 aromatic carbocycles. The first-order valence-electron chi connectivity index (χ1n) is 10.1. The standard InChI is InChI=1S/C24H20FN5O/c1-2-17(28-20-13-7-12-19-22(20)27-14-26-19)23-29-18-11-6-10-16(25)21(18)24(31)30(23)15-8-4-3-5-9-15/h3-14,17,28H,2H2,1H3,(H,26,27)/t17-/m0/s1. The van der Waals surface area contributed by atoms with Crippen LogP contribution in [0.1, 0.15) is 25.2 Å². The Morgan fingerprint density at radius 2 is 1.87 bits per heavy atom. The van der Waals surface area contributed by atoms with Crippen molar-refractivity contribution in [2.24, 2.45) is 0 Å². The van der Waals surface area contributed by atoms with Gasteiger partial charge in [0.25, 0.3) is 5.56 Å². The van der Waals surface area contributed by atoms with Crippen LogP contribution >= 0.6 is 0 Å². The summed E-state index contributed by atoms with van der Waals surface area (Å²) in [7, 11) is 0. The van der Waals surface area contributed by atoms with Gasteiger partial charge in [-0.25, -0.2) is 14.4 Å². The van der Waals surface area contributed by atoms with Crippen LogP contribution in [0, 0.1) is 5.82 Å². The number of halogens is 1. The second-order valence-corrected chi connectivity index (χ2v) is 7.29. The Labute approximate surface area is 177 Å². The number of fused-ring (bicyclic) bond motifs is 2. The molecule has 0 amide bonds. The lowest BCUT2D eigenvalue weighted by atomic mass is 10.1. The zero-order valence-corrected chi connectivity index (χ0v) is 16.8. The Bertz CT molecular complexity index is 1440. The summed E-state index contributed by atoms with van der Waals surface area (Å²) >= 11 is 0. The normalized spacial score (nSPS) is 12.3. The van der Waals surface area contributed by atoms with Crippen LogP contribution in [0.3, 0.4) is 0 Å². The molecule has 2 N–H and O–H groups in total. The Balaban J connectivity index is 1.74. The molecular formula is C24H20FN5O. The van der Waals surface area contributed by atoms with Crippen molar-refractivity contribution in [3.05, 3.63) is 95.1 Å². The van der Waals surface area contributed by atoms with Gasteiger partial charge in [-0.05, 0) is 42.8 Å². The minimum Gasteiger partial charge on any atom is -0.373 e. The molecular weight excluding hydrogens is 393 g/mol. The van der Waals surface area contributed by atoms with E-state index in [0.717, 1.165) is 16.7 Å². The summed E-state index contributed by atoms with van der Waals surface area (Å²) in [6.07, 6.45) is 2.30. The molecule has 2 heterocycles. The number of imidazole rings is 1. The number of para-hydroxylation sites is 2. The van der Waals surface area contributed by atoms with Crippen molar-refractivity contribution in [2.45, 2.75) is 19.4 Å². The molecule has 0 saturated heterocycles. The number of hydrogen-bond acceptors (Lipinski definition) is 4. The van der Waals surface area contributed by atoms with Crippen LogP contribution in [0.4, 0.5) is 10.1 Å². The number of hydrogen-bond donors (Lipinski definition) is 2. The number of nitrogens with zero attached hydrogens (tertiary/aromatic N) is 3. The Morgan fingerprint density at radius 1 is 1.06 bits per heavy atom. The van der Waals surface area contributed by atoms with Crippen molar-refractivity contribution in [1.29, 1.82) is 0 Å². The zero-order chi connectivity index (χ0) is 21.4. The van der Waals surface area contributed by atoms with E-state index in [4.69, 9.17) is 4.98 Å². The third-order valence-electron chi connectivity index (χ3n) is 5.39. The maximum absolute atomic E-state index is 14.6. The van der Waals surface area contributed by atoms with Crippen molar-refractivity contribution in [1.82, 2.24) is 19.5 Å². The van der Waals surface area contributed by atoms with Gasteiger partial charge in [-0.1, -0.05) is 37.3 Å². The fraction of sp³-hybridized carbons (Fsp3) is 0.125. The van der Waals surface area contributed by atoms with E-state index in [1.165, 1.54) is 10.6 Å². The molecule has 2 aromatic heterocycles. The van der Waals surface area contributed by atoms with Gasteiger partial charge in [0.1, 0.15) is 22.5 Å². The SMILES string of the molecule is CC[C@H](Nc1cccc2[nH]cnc12)c1nc2cccc(F)c2c(=O)n1-c1ccccc1. The highest BCUT2D eigenvalue weighted by Crippen LogP contribution is 2.28. The van der Waals surface area contributed by atoms with E-state index in [1.807, 2.05) is 55.5 Å². The predicted molar refractivity (Wildman–Crippen MR) is 120 cm³/mol. The number of H-pyrrole nitrogens is 1. The molecule has 0 aliphatic rings. The molecule has 1 atom stereocenters. The van der Waals surface area contributed by atoms with Crippen LogP contribution in [0.25, 0.3) is 27.6 Å². The molecule has 0 aliphatic carbocycles. The second kappa shape index (κ2) is 7.68. The number of aromatic amines is 1. The molecule has 0 radical (unpaired) electrons. The van der Waals surface area contributed by atoms with Gasteiger partial charge >= 0.3 is 0 Å². The van der Waals surface area contributed by atoms with Gasteiger partial charge in [0.2, 0.25) is 0 Å². The third kappa shape index (κ3) is 3.24. The van der Waals surface area contributed by atoms with E-state index in [1.54, 1.807) is 18.5 Å². The summed E-state index contributed by atoms with van der Waals surface area (Å²) in [5.41, 5.74) is 3.10. The number of anilines is 1. The summed E-state index contributed by atoms with van der Waals surface area (Å²) < 4.78 is 16.1. The maximum Gasteiger partial charge on any atom is 0.269 e. The summed E-state index contributed by atoms with van der Waals surface area (Å²) in [6.45, 7) is 2.01. The highest BCUT2D eigenvalue weighted by Gasteiger charge is 2.22. The highest BCUT2D eigenvalue weighted by atomic mass is 19.1. The first-order chi connectivity index (χ1) is 15.2. The van der Waals surface area contributed by atoms with Gasteiger partial charge in [0, 0.05) is 0 Å². The van der Waals surface area contributed by atoms with Crippen molar-refractivity contribution in [3.8, 4) is 5.69 Å². The largest absolute Gasteiger partial charge is 0.373 e. The van der Waals surface area contributed by atoms with E-state index < -0.39 is 11.4 Å². The molecule has 0 unspecified atom stereocenters. The van der Waals surface area contributed by atoms with Gasteiger partial charge in [-0.2, -0.15) is 0 Å². The molecule has 7 heteroatoms. The van der Waals surface area contributed by atoms with E-state index in [2.05, 4.69) is 15.3 Å². The lowest BCUT2D eigenvalue weighted by Gasteiger charge is -2.23. The summed E-state index contributed by atoms with van der Waals surface area (Å²) in [5.74, 6) is -0.0575. The van der Waals surface area contributed by atoms with E-state index in [0.29, 0.717) is 23.4 Å². The lowest BCUT2D eigenvalue weighted by Crippen LogP contribution is -2.28. The van der Waals surface area contributed by atoms with E-state index in [-0.39, 0.29) is 11.4 Å². The van der Waals surface area contributed by atoms with Crippen LogP contribution in [-0.4, -0.2) is 19.5 Å². The maximum atomic E-state index is 14.6. The summed E-state index contributed by atoms with van der Waals surface area (Å²) in [5, 5.41) is 3.48. The van der Waals surface area contributed by atoms with Gasteiger partial charge in [0.05, 0.1) is 34.8 Å². The lowest BCUT2D eigenvalue weighted by molar-refractivity contribution is 0.630. The minimum absolute atomic E-state index is 0.0145. The molecule has 0 spiro atoms. The molecule has 0 bridgehead atoms. The fourth-order valence-corrected chi connectivity index (χ4v) is 3.89. The number of rotatable bonds is 5. The number of nitrogens with one attached hydrogen (secondary N) is 2. The van der Waals surface area contributed by atoms with Crippen molar-refractivity contribution >= 4 is 27.6 Å². The van der Waals surface area contributed by atoms with Crippen LogP contribution in [0.15, 0.2) is 77.9 Å². The molecule has 0 saturated carbocycles. The second-order valence-electron chi connectivity index (χ2n) is 7.29. The van der Waals surface area contributed by atoms with Gasteiger partial charge < -0.3 is 10.3 Å². The number of benzene rings is 3. The van der Waals surface area contributed by atoms with E-state index >= 15 is 0 Å². The smallest absolute Gasteiger partial charge is 0.269 e. The molecule has 6 nitrogen and oxygen atoms in total. The van der Waals surface area contributed by atoms with Gasteiger partial charge in [-0.15, -0.1) is 0 Å². The molecule has 31 heavy (non-hydrogen) atoms. The third-order valence-corrected chi connectivity index (χ3v) is 5.39. The summed E-state index contributed by atoms with van der Waals surface area (Å²) in [4.78, 5) is 25.7. The topological polar surface area (TPSA) is 75.6 Å². The first-order valence-corrected chi connectivity index (χ1v) is 10.1. The van der Waals surface area contributed by atoms with Crippen molar-refractivity contribution < 1.29 is 4.39 Å². The first kappa shape index (κ1) is 19.0. The van der Waals surface area contributed by atoms with Crippen molar-refractivity contribution in [2.75, 3.05) is 5.32 Å².